The molecule has 1 fully saturated rings. The summed E-state index contributed by atoms with van der Waals surface area (Å²) in [6.07, 6.45) is 1.35. The van der Waals surface area contributed by atoms with Crippen LogP contribution >= 0.6 is 0 Å². The molecule has 0 aliphatic carbocycles. The van der Waals surface area contributed by atoms with Gasteiger partial charge in [0.05, 0.1) is 20.3 Å². The Morgan fingerprint density at radius 3 is 2.78 bits per heavy atom. The molecule has 0 bridgehead atoms. The third-order valence-electron chi connectivity index (χ3n) is 3.10. The van der Waals surface area contributed by atoms with Crippen LogP contribution in [0.5, 0.6) is 5.75 Å². The molecule has 1 saturated heterocycles. The summed E-state index contributed by atoms with van der Waals surface area (Å²) in [5.41, 5.74) is 8.50. The van der Waals surface area contributed by atoms with Gasteiger partial charge in [-0.25, -0.2) is 0 Å². The molecular formula is C14H21NO3. The van der Waals surface area contributed by atoms with E-state index < -0.39 is 0 Å². The number of aryl methyl sites for hydroxylation is 1. The highest BCUT2D eigenvalue weighted by Gasteiger charge is 2.20. The molecule has 4 nitrogen and oxygen atoms in total. The van der Waals surface area contributed by atoms with Crippen LogP contribution < -0.4 is 10.5 Å². The number of ether oxygens (including phenoxy) is 3. The first-order valence-corrected chi connectivity index (χ1v) is 6.31. The molecule has 1 atom stereocenters. The molecule has 0 saturated carbocycles. The maximum Gasteiger partial charge on any atom is 0.159 e. The number of hydrogen-bond donors (Lipinski definition) is 1. The minimum absolute atomic E-state index is 0.0174. The molecule has 1 aromatic carbocycles. The third kappa shape index (κ3) is 3.45. The molecule has 2 rings (SSSR count). The van der Waals surface area contributed by atoms with E-state index in [1.54, 1.807) is 7.11 Å². The van der Waals surface area contributed by atoms with E-state index in [9.17, 15) is 0 Å². The average Bonchev–Trinajstić information content (AvgIpc) is 2.82. The second-order valence-electron chi connectivity index (χ2n) is 4.69. The Labute approximate surface area is 108 Å². The summed E-state index contributed by atoms with van der Waals surface area (Å²) in [5.74, 6) is 0.893. The van der Waals surface area contributed by atoms with Crippen LogP contribution in [0.2, 0.25) is 0 Å². The molecule has 1 aliphatic heterocycles. The first-order valence-electron chi connectivity index (χ1n) is 6.31. The Kier molecular flexibility index (Phi) is 4.58. The third-order valence-corrected chi connectivity index (χ3v) is 3.10. The lowest BCUT2D eigenvalue weighted by Crippen LogP contribution is -2.29. The van der Waals surface area contributed by atoms with E-state index in [1.165, 1.54) is 5.56 Å². The van der Waals surface area contributed by atoms with Crippen LogP contribution in [0.4, 0.5) is 0 Å². The van der Waals surface area contributed by atoms with E-state index in [4.69, 9.17) is 19.9 Å². The normalized spacial score (nSPS) is 17.9. The second kappa shape index (κ2) is 6.18. The molecule has 0 spiro atoms. The number of benzene rings is 1. The monoisotopic (exact) mass is 251 g/mol. The van der Waals surface area contributed by atoms with Gasteiger partial charge in [0.2, 0.25) is 0 Å². The van der Waals surface area contributed by atoms with Crippen LogP contribution in [0.15, 0.2) is 18.2 Å². The molecular weight excluding hydrogens is 230 g/mol. The zero-order valence-electron chi connectivity index (χ0n) is 11.0. The average molecular weight is 251 g/mol. The summed E-state index contributed by atoms with van der Waals surface area (Å²) < 4.78 is 16.2. The van der Waals surface area contributed by atoms with E-state index in [1.807, 2.05) is 12.1 Å². The van der Waals surface area contributed by atoms with Crippen molar-refractivity contribution >= 4 is 0 Å². The van der Waals surface area contributed by atoms with Gasteiger partial charge in [-0.3, -0.25) is 0 Å². The minimum Gasteiger partial charge on any atom is -0.496 e. The van der Waals surface area contributed by atoms with Gasteiger partial charge in [0.1, 0.15) is 5.75 Å². The predicted molar refractivity (Wildman–Crippen MR) is 69.7 cm³/mol. The van der Waals surface area contributed by atoms with Crippen molar-refractivity contribution in [3.05, 3.63) is 29.3 Å². The lowest BCUT2D eigenvalue weighted by Gasteiger charge is -2.17. The van der Waals surface area contributed by atoms with Crippen molar-refractivity contribution in [2.75, 3.05) is 20.3 Å². The van der Waals surface area contributed by atoms with Crippen molar-refractivity contribution in [2.24, 2.45) is 5.73 Å². The van der Waals surface area contributed by atoms with Crippen molar-refractivity contribution in [2.45, 2.75) is 32.1 Å². The van der Waals surface area contributed by atoms with Gasteiger partial charge in [-0.1, -0.05) is 17.7 Å². The zero-order chi connectivity index (χ0) is 13.0. The largest absolute Gasteiger partial charge is 0.496 e. The van der Waals surface area contributed by atoms with Crippen LogP contribution in [0, 0.1) is 6.92 Å². The SMILES string of the molecule is COc1ccc(C)cc1CC(N)CC1OCCO1. The summed E-state index contributed by atoms with van der Waals surface area (Å²) in [6.45, 7) is 3.41. The molecule has 1 heterocycles. The zero-order valence-corrected chi connectivity index (χ0v) is 11.0. The Bertz CT molecular complexity index is 389. The van der Waals surface area contributed by atoms with Crippen LogP contribution in [0.25, 0.3) is 0 Å². The predicted octanol–water partition coefficient (Wildman–Crippen LogP) is 1.64. The highest BCUT2D eigenvalue weighted by molar-refractivity contribution is 5.37. The van der Waals surface area contributed by atoms with Crippen molar-refractivity contribution in [1.82, 2.24) is 0 Å². The molecule has 4 heteroatoms. The van der Waals surface area contributed by atoms with Gasteiger partial charge in [-0.15, -0.1) is 0 Å². The lowest BCUT2D eigenvalue weighted by molar-refractivity contribution is -0.0504. The van der Waals surface area contributed by atoms with Crippen LogP contribution in [0.3, 0.4) is 0 Å². The van der Waals surface area contributed by atoms with Crippen LogP contribution in [-0.2, 0) is 15.9 Å². The fourth-order valence-corrected chi connectivity index (χ4v) is 2.22. The summed E-state index contributed by atoms with van der Waals surface area (Å²) in [4.78, 5) is 0. The van der Waals surface area contributed by atoms with Crippen molar-refractivity contribution < 1.29 is 14.2 Å². The molecule has 0 aromatic heterocycles. The number of hydrogen-bond acceptors (Lipinski definition) is 4. The van der Waals surface area contributed by atoms with Gasteiger partial charge >= 0.3 is 0 Å². The molecule has 1 aliphatic rings. The Morgan fingerprint density at radius 1 is 1.39 bits per heavy atom. The molecule has 18 heavy (non-hydrogen) atoms. The molecule has 1 aromatic rings. The summed E-state index contributed by atoms with van der Waals surface area (Å²) in [7, 11) is 1.68. The molecule has 0 amide bonds. The Balaban J connectivity index is 1.96. The molecule has 100 valence electrons. The standard InChI is InChI=1S/C14H21NO3/c1-10-3-4-13(16-2)11(7-10)8-12(15)9-14-17-5-6-18-14/h3-4,7,12,14H,5-6,8-9,15H2,1-2H3. The van der Waals surface area contributed by atoms with Crippen molar-refractivity contribution in [3.63, 3.8) is 0 Å². The maximum atomic E-state index is 6.14. The quantitative estimate of drug-likeness (QED) is 0.864. The summed E-state index contributed by atoms with van der Waals surface area (Å²) in [6, 6.07) is 6.16. The van der Waals surface area contributed by atoms with Crippen LogP contribution in [-0.4, -0.2) is 32.7 Å². The lowest BCUT2D eigenvalue weighted by atomic mass is 10.0. The van der Waals surface area contributed by atoms with E-state index in [0.29, 0.717) is 13.2 Å². The topological polar surface area (TPSA) is 53.7 Å². The second-order valence-corrected chi connectivity index (χ2v) is 4.69. The molecule has 0 radical (unpaired) electrons. The van der Waals surface area contributed by atoms with Gasteiger partial charge in [0, 0.05) is 12.5 Å². The highest BCUT2D eigenvalue weighted by Crippen LogP contribution is 2.22. The van der Waals surface area contributed by atoms with Gasteiger partial charge in [0.15, 0.2) is 6.29 Å². The van der Waals surface area contributed by atoms with Gasteiger partial charge in [-0.05, 0) is 25.0 Å². The van der Waals surface area contributed by atoms with Gasteiger partial charge in [-0.2, -0.15) is 0 Å². The minimum atomic E-state index is -0.143. The van der Waals surface area contributed by atoms with E-state index >= 15 is 0 Å². The van der Waals surface area contributed by atoms with E-state index in [-0.39, 0.29) is 12.3 Å². The van der Waals surface area contributed by atoms with Gasteiger partial charge < -0.3 is 19.9 Å². The first-order chi connectivity index (χ1) is 8.69. The summed E-state index contributed by atoms with van der Waals surface area (Å²) >= 11 is 0. The molecule has 1 unspecified atom stereocenters. The smallest absolute Gasteiger partial charge is 0.159 e. The van der Waals surface area contributed by atoms with E-state index in [0.717, 1.165) is 24.2 Å². The first kappa shape index (κ1) is 13.3. The van der Waals surface area contributed by atoms with Gasteiger partial charge in [0.25, 0.3) is 0 Å². The fourth-order valence-electron chi connectivity index (χ4n) is 2.22. The number of rotatable bonds is 5. The Morgan fingerprint density at radius 2 is 2.11 bits per heavy atom. The van der Waals surface area contributed by atoms with E-state index in [2.05, 4.69) is 13.0 Å². The number of nitrogens with two attached hydrogens (primary N) is 1. The maximum absolute atomic E-state index is 6.14. The van der Waals surface area contributed by atoms with Crippen LogP contribution in [0.1, 0.15) is 17.5 Å². The van der Waals surface area contributed by atoms with Crippen molar-refractivity contribution in [1.29, 1.82) is 0 Å². The fraction of sp³-hybridized carbons (Fsp3) is 0.571. The Hall–Kier alpha value is -1.10. The molecule has 2 N–H and O–H groups in total. The number of methoxy groups -OCH3 is 1. The highest BCUT2D eigenvalue weighted by atomic mass is 16.7. The summed E-state index contributed by atoms with van der Waals surface area (Å²) in [5, 5.41) is 0. The van der Waals surface area contributed by atoms with Crippen molar-refractivity contribution in [3.8, 4) is 5.75 Å².